The fraction of sp³-hybridized carbons (Fsp3) is 0.500. The van der Waals surface area contributed by atoms with E-state index in [1.807, 2.05) is 20.8 Å². The van der Waals surface area contributed by atoms with Gasteiger partial charge in [-0.2, -0.15) is 0 Å². The van der Waals surface area contributed by atoms with Crippen molar-refractivity contribution >= 4 is 17.5 Å². The van der Waals surface area contributed by atoms with Crippen LogP contribution in [0.3, 0.4) is 0 Å². The summed E-state index contributed by atoms with van der Waals surface area (Å²) in [4.78, 5) is 11.7. The van der Waals surface area contributed by atoms with Crippen molar-refractivity contribution in [3.05, 3.63) is 34.6 Å². The molecule has 0 saturated carbocycles. The summed E-state index contributed by atoms with van der Waals surface area (Å²) in [6.45, 7) is 6.13. The van der Waals surface area contributed by atoms with Gasteiger partial charge in [-0.05, 0) is 38.5 Å². The maximum atomic E-state index is 13.4. The number of halogens is 2. The quantitative estimate of drug-likeness (QED) is 0.874. The molecule has 2 N–H and O–H groups in total. The molecule has 19 heavy (non-hydrogen) atoms. The fourth-order valence-electron chi connectivity index (χ4n) is 1.73. The van der Waals surface area contributed by atoms with Crippen LogP contribution in [0.5, 0.6) is 0 Å². The van der Waals surface area contributed by atoms with E-state index in [4.69, 9.17) is 11.6 Å². The van der Waals surface area contributed by atoms with E-state index >= 15 is 0 Å². The number of nitrogens with one attached hydrogen (secondary N) is 2. The second kappa shape index (κ2) is 6.35. The number of hydrogen-bond donors (Lipinski definition) is 2. The van der Waals surface area contributed by atoms with Crippen LogP contribution in [0, 0.1) is 11.2 Å². The molecule has 1 unspecified atom stereocenters. The molecule has 1 amide bonds. The number of hydrogen-bond acceptors (Lipinski definition) is 2. The zero-order valence-corrected chi connectivity index (χ0v) is 12.4. The summed E-state index contributed by atoms with van der Waals surface area (Å²) in [7, 11) is 1.61. The first-order valence-corrected chi connectivity index (χ1v) is 6.56. The van der Waals surface area contributed by atoms with Crippen molar-refractivity contribution in [2.24, 2.45) is 5.41 Å². The van der Waals surface area contributed by atoms with Gasteiger partial charge in [0, 0.05) is 19.6 Å². The minimum atomic E-state index is -0.520. The SMILES string of the molecule is CNC(=O)C(C)(C)CNC(C)c1ccc(Cl)c(F)c1. The summed E-state index contributed by atoms with van der Waals surface area (Å²) in [5.41, 5.74) is 0.281. The van der Waals surface area contributed by atoms with Crippen LogP contribution in [0.4, 0.5) is 4.39 Å². The monoisotopic (exact) mass is 286 g/mol. The number of amides is 1. The number of carbonyl (C=O) groups is 1. The molecule has 1 rings (SSSR count). The van der Waals surface area contributed by atoms with E-state index in [2.05, 4.69) is 10.6 Å². The molecular weight excluding hydrogens is 267 g/mol. The van der Waals surface area contributed by atoms with Gasteiger partial charge in [-0.25, -0.2) is 4.39 Å². The van der Waals surface area contributed by atoms with Crippen molar-refractivity contribution in [2.45, 2.75) is 26.8 Å². The van der Waals surface area contributed by atoms with Gasteiger partial charge in [0.05, 0.1) is 10.4 Å². The topological polar surface area (TPSA) is 41.1 Å². The standard InChI is InChI=1S/C14H20ClFN2O/c1-9(10-5-6-11(15)12(16)7-10)18-8-14(2,3)13(19)17-4/h5-7,9,18H,8H2,1-4H3,(H,17,19). The van der Waals surface area contributed by atoms with Gasteiger partial charge >= 0.3 is 0 Å². The molecule has 3 nitrogen and oxygen atoms in total. The zero-order chi connectivity index (χ0) is 14.6. The lowest BCUT2D eigenvalue weighted by Crippen LogP contribution is -2.42. The third kappa shape index (κ3) is 4.18. The van der Waals surface area contributed by atoms with Crippen molar-refractivity contribution in [2.75, 3.05) is 13.6 Å². The highest BCUT2D eigenvalue weighted by Crippen LogP contribution is 2.21. The molecule has 0 bridgehead atoms. The van der Waals surface area contributed by atoms with Gasteiger partial charge in [-0.1, -0.05) is 17.7 Å². The molecule has 1 atom stereocenters. The molecule has 0 spiro atoms. The smallest absolute Gasteiger partial charge is 0.226 e. The van der Waals surface area contributed by atoms with Crippen LogP contribution in [0.15, 0.2) is 18.2 Å². The molecule has 5 heteroatoms. The zero-order valence-electron chi connectivity index (χ0n) is 11.7. The predicted octanol–water partition coefficient (Wildman–Crippen LogP) is 2.90. The van der Waals surface area contributed by atoms with Crippen LogP contribution in [0.1, 0.15) is 32.4 Å². The van der Waals surface area contributed by atoms with Crippen LogP contribution in [0.25, 0.3) is 0 Å². The Hall–Kier alpha value is -1.13. The van der Waals surface area contributed by atoms with Gasteiger partial charge in [0.25, 0.3) is 0 Å². The Bertz CT molecular complexity index is 463. The third-order valence-corrected chi connectivity index (χ3v) is 3.44. The molecule has 0 aromatic heterocycles. The number of rotatable bonds is 5. The molecule has 0 aliphatic heterocycles. The molecule has 1 aromatic rings. The van der Waals surface area contributed by atoms with E-state index < -0.39 is 11.2 Å². The van der Waals surface area contributed by atoms with Crippen molar-refractivity contribution in [3.8, 4) is 0 Å². The molecule has 0 fully saturated rings. The second-order valence-electron chi connectivity index (χ2n) is 5.24. The molecule has 0 saturated heterocycles. The lowest BCUT2D eigenvalue weighted by molar-refractivity contribution is -0.128. The molecule has 0 radical (unpaired) electrons. The van der Waals surface area contributed by atoms with Crippen LogP contribution < -0.4 is 10.6 Å². The van der Waals surface area contributed by atoms with Gasteiger partial charge in [-0.15, -0.1) is 0 Å². The van der Waals surface area contributed by atoms with Crippen molar-refractivity contribution in [3.63, 3.8) is 0 Å². The van der Waals surface area contributed by atoms with E-state index in [9.17, 15) is 9.18 Å². The Kier molecular flexibility index (Phi) is 5.32. The van der Waals surface area contributed by atoms with Crippen LogP contribution in [-0.4, -0.2) is 19.5 Å². The Morgan fingerprint density at radius 3 is 2.63 bits per heavy atom. The first kappa shape index (κ1) is 15.9. The minimum absolute atomic E-state index is 0.0329. The second-order valence-corrected chi connectivity index (χ2v) is 5.65. The first-order valence-electron chi connectivity index (χ1n) is 6.18. The maximum Gasteiger partial charge on any atom is 0.226 e. The third-order valence-electron chi connectivity index (χ3n) is 3.14. The van der Waals surface area contributed by atoms with Crippen LogP contribution in [0.2, 0.25) is 5.02 Å². The molecular formula is C14H20ClFN2O. The predicted molar refractivity (Wildman–Crippen MR) is 75.7 cm³/mol. The Morgan fingerprint density at radius 2 is 2.11 bits per heavy atom. The summed E-state index contributed by atoms with van der Waals surface area (Å²) in [6, 6.07) is 4.66. The van der Waals surface area contributed by atoms with E-state index in [1.165, 1.54) is 12.1 Å². The van der Waals surface area contributed by atoms with Gasteiger partial charge < -0.3 is 10.6 Å². The summed E-state index contributed by atoms with van der Waals surface area (Å²) in [5, 5.41) is 5.97. The van der Waals surface area contributed by atoms with E-state index in [-0.39, 0.29) is 17.0 Å². The molecule has 1 aromatic carbocycles. The minimum Gasteiger partial charge on any atom is -0.359 e. The highest BCUT2D eigenvalue weighted by Gasteiger charge is 2.26. The highest BCUT2D eigenvalue weighted by atomic mass is 35.5. The van der Waals surface area contributed by atoms with Gasteiger partial charge in [0.1, 0.15) is 5.82 Å². The first-order chi connectivity index (χ1) is 8.77. The molecule has 106 valence electrons. The van der Waals surface area contributed by atoms with Crippen molar-refractivity contribution in [1.29, 1.82) is 0 Å². The van der Waals surface area contributed by atoms with Crippen molar-refractivity contribution in [1.82, 2.24) is 10.6 Å². The highest BCUT2D eigenvalue weighted by molar-refractivity contribution is 6.30. The van der Waals surface area contributed by atoms with Gasteiger partial charge in [0.2, 0.25) is 5.91 Å². The molecule has 0 heterocycles. The summed E-state index contributed by atoms with van der Waals surface area (Å²) in [5.74, 6) is -0.465. The summed E-state index contributed by atoms with van der Waals surface area (Å²) < 4.78 is 13.4. The largest absolute Gasteiger partial charge is 0.359 e. The summed E-state index contributed by atoms with van der Waals surface area (Å²) >= 11 is 5.65. The average Bonchev–Trinajstić information content (AvgIpc) is 2.38. The average molecular weight is 287 g/mol. The Balaban J connectivity index is 2.67. The lowest BCUT2D eigenvalue weighted by atomic mass is 9.91. The van der Waals surface area contributed by atoms with Crippen molar-refractivity contribution < 1.29 is 9.18 Å². The lowest BCUT2D eigenvalue weighted by Gasteiger charge is -2.25. The van der Waals surface area contributed by atoms with E-state index in [1.54, 1.807) is 13.1 Å². The maximum absolute atomic E-state index is 13.4. The van der Waals surface area contributed by atoms with Gasteiger partial charge in [-0.3, -0.25) is 4.79 Å². The Labute approximate surface area is 118 Å². The van der Waals surface area contributed by atoms with E-state index in [0.29, 0.717) is 6.54 Å². The summed E-state index contributed by atoms with van der Waals surface area (Å²) in [6.07, 6.45) is 0. The van der Waals surface area contributed by atoms with Crippen LogP contribution in [-0.2, 0) is 4.79 Å². The fourth-order valence-corrected chi connectivity index (χ4v) is 1.84. The van der Waals surface area contributed by atoms with Crippen LogP contribution >= 0.6 is 11.6 Å². The normalized spacial score (nSPS) is 13.2. The number of carbonyl (C=O) groups excluding carboxylic acids is 1. The van der Waals surface area contributed by atoms with E-state index in [0.717, 1.165) is 5.56 Å². The van der Waals surface area contributed by atoms with Gasteiger partial charge in [0.15, 0.2) is 0 Å². The molecule has 0 aliphatic carbocycles. The number of benzene rings is 1. The molecule has 0 aliphatic rings. The Morgan fingerprint density at radius 1 is 1.47 bits per heavy atom.